The van der Waals surface area contributed by atoms with Gasteiger partial charge in [0.2, 0.25) is 5.91 Å². The number of pyridine rings is 1. The highest BCUT2D eigenvalue weighted by molar-refractivity contribution is 6.13. The Hall–Kier alpha value is -4.31. The number of likely N-dealkylation sites (tertiary alicyclic amines) is 1. The third-order valence-corrected chi connectivity index (χ3v) is 8.05. The van der Waals surface area contributed by atoms with E-state index in [4.69, 9.17) is 0 Å². The zero-order chi connectivity index (χ0) is 27.6. The number of carbonyl (C=O) groups is 2. The van der Waals surface area contributed by atoms with Crippen LogP contribution in [0.1, 0.15) is 48.0 Å². The summed E-state index contributed by atoms with van der Waals surface area (Å²) in [4.78, 5) is 45.9. The topological polar surface area (TPSA) is 133 Å². The largest absolute Gasteiger partial charge is 0.352 e. The van der Waals surface area contributed by atoms with Gasteiger partial charge in [-0.3, -0.25) is 24.6 Å². The third-order valence-electron chi connectivity index (χ3n) is 8.05. The normalized spacial score (nSPS) is 16.3. The maximum absolute atomic E-state index is 12.9. The van der Waals surface area contributed by atoms with Gasteiger partial charge in [-0.25, -0.2) is 4.98 Å². The maximum Gasteiger partial charge on any atom is 0.269 e. The van der Waals surface area contributed by atoms with Crippen LogP contribution >= 0.6 is 0 Å². The second-order valence-corrected chi connectivity index (χ2v) is 10.9. The van der Waals surface area contributed by atoms with Crippen LogP contribution in [0, 0.1) is 22.0 Å². The summed E-state index contributed by atoms with van der Waals surface area (Å²) < 4.78 is 0. The number of non-ortho nitro benzene ring substituents is 1. The van der Waals surface area contributed by atoms with Gasteiger partial charge in [0.15, 0.2) is 5.82 Å². The molecule has 2 amide bonds. The number of hydrogen-bond acceptors (Lipinski definition) is 6. The lowest BCUT2D eigenvalue weighted by molar-refractivity contribution is -0.384. The molecule has 10 nitrogen and oxygen atoms in total. The van der Waals surface area contributed by atoms with E-state index in [2.05, 4.69) is 25.5 Å². The number of aromatic amines is 1. The van der Waals surface area contributed by atoms with Gasteiger partial charge >= 0.3 is 0 Å². The molecule has 1 aliphatic heterocycles. The molecule has 40 heavy (non-hydrogen) atoms. The number of carbonyl (C=O) groups excluding carboxylic acids is 2. The summed E-state index contributed by atoms with van der Waals surface area (Å²) in [7, 11) is 0. The summed E-state index contributed by atoms with van der Waals surface area (Å²) in [5.74, 6) is 1.04. The molecular weight excluding hydrogens is 508 g/mol. The van der Waals surface area contributed by atoms with Crippen molar-refractivity contribution in [3.05, 3.63) is 76.0 Å². The highest BCUT2D eigenvalue weighted by Crippen LogP contribution is 2.33. The monoisotopic (exact) mass is 540 g/mol. The van der Waals surface area contributed by atoms with Crippen molar-refractivity contribution >= 4 is 45.1 Å². The number of H-pyrrole nitrogens is 1. The lowest BCUT2D eigenvalue weighted by atomic mass is 9.93. The first kappa shape index (κ1) is 25.9. The quantitative estimate of drug-likeness (QED) is 0.202. The number of piperidine rings is 1. The van der Waals surface area contributed by atoms with Crippen LogP contribution in [-0.2, 0) is 11.3 Å². The van der Waals surface area contributed by atoms with Crippen molar-refractivity contribution in [3.8, 4) is 0 Å². The molecule has 10 heteroatoms. The molecule has 2 fully saturated rings. The zero-order valence-electron chi connectivity index (χ0n) is 22.2. The molecule has 4 aromatic rings. The van der Waals surface area contributed by atoms with Crippen LogP contribution in [0.25, 0.3) is 21.8 Å². The minimum absolute atomic E-state index is 0.00636. The molecule has 0 unspecified atom stereocenters. The molecule has 0 spiro atoms. The lowest BCUT2D eigenvalue weighted by Gasteiger charge is -2.32. The number of hydrogen-bond donors (Lipinski definition) is 3. The van der Waals surface area contributed by atoms with Crippen LogP contribution in [0.3, 0.4) is 0 Å². The molecule has 1 saturated carbocycles. The van der Waals surface area contributed by atoms with Crippen LogP contribution in [0.15, 0.2) is 54.7 Å². The van der Waals surface area contributed by atoms with Gasteiger partial charge in [-0.1, -0.05) is 18.2 Å². The minimum atomic E-state index is -0.354. The van der Waals surface area contributed by atoms with Gasteiger partial charge in [-0.05, 0) is 74.9 Å². The maximum atomic E-state index is 12.9. The van der Waals surface area contributed by atoms with Gasteiger partial charge in [0.05, 0.1) is 10.4 Å². The predicted molar refractivity (Wildman–Crippen MR) is 153 cm³/mol. The Balaban J connectivity index is 1.01. The third kappa shape index (κ3) is 5.67. The Morgan fingerprint density at radius 3 is 2.65 bits per heavy atom. The number of benzene rings is 2. The second-order valence-electron chi connectivity index (χ2n) is 10.9. The summed E-state index contributed by atoms with van der Waals surface area (Å²) in [6.45, 7) is 3.21. The van der Waals surface area contributed by atoms with Gasteiger partial charge in [-0.15, -0.1) is 0 Å². The number of aromatic nitrogens is 2. The molecule has 0 radical (unpaired) electrons. The van der Waals surface area contributed by atoms with E-state index in [1.807, 2.05) is 30.3 Å². The minimum Gasteiger partial charge on any atom is -0.352 e. The molecule has 6 rings (SSSR count). The van der Waals surface area contributed by atoms with E-state index in [0.717, 1.165) is 72.6 Å². The van der Waals surface area contributed by atoms with E-state index in [1.165, 1.54) is 6.07 Å². The van der Waals surface area contributed by atoms with E-state index in [9.17, 15) is 19.7 Å². The van der Waals surface area contributed by atoms with Crippen molar-refractivity contribution in [1.29, 1.82) is 0 Å². The highest BCUT2D eigenvalue weighted by Gasteiger charge is 2.30. The first-order valence-electron chi connectivity index (χ1n) is 13.9. The zero-order valence-corrected chi connectivity index (χ0v) is 22.2. The van der Waals surface area contributed by atoms with Gasteiger partial charge in [0.1, 0.15) is 0 Å². The number of nitro groups is 1. The number of anilines is 1. The smallest absolute Gasteiger partial charge is 0.269 e. The van der Waals surface area contributed by atoms with Crippen molar-refractivity contribution in [2.75, 3.05) is 25.0 Å². The van der Waals surface area contributed by atoms with Crippen LogP contribution in [0.5, 0.6) is 0 Å². The number of amides is 2. The van der Waals surface area contributed by atoms with E-state index in [-0.39, 0.29) is 28.3 Å². The van der Waals surface area contributed by atoms with Crippen molar-refractivity contribution < 1.29 is 14.5 Å². The number of fused-ring (bicyclic) bond motifs is 3. The summed E-state index contributed by atoms with van der Waals surface area (Å²) in [5.41, 5.74) is 3.27. The molecular formula is C30H32N6O4. The predicted octanol–water partition coefficient (Wildman–Crippen LogP) is 5.00. The molecule has 2 aromatic carbocycles. The highest BCUT2D eigenvalue weighted by atomic mass is 16.6. The fraction of sp³-hybridized carbons (Fsp3) is 0.367. The fourth-order valence-corrected chi connectivity index (χ4v) is 5.58. The first-order chi connectivity index (χ1) is 19.4. The van der Waals surface area contributed by atoms with E-state index >= 15 is 0 Å². The summed E-state index contributed by atoms with van der Waals surface area (Å²) in [6.07, 6.45) is 6.54. The van der Waals surface area contributed by atoms with E-state index < -0.39 is 0 Å². The number of nitrogens with one attached hydrogen (secondary N) is 3. The van der Waals surface area contributed by atoms with Crippen molar-refractivity contribution in [2.24, 2.45) is 11.8 Å². The van der Waals surface area contributed by atoms with Gasteiger partial charge in [-0.2, -0.15) is 0 Å². The Labute approximate surface area is 231 Å². The molecule has 3 N–H and O–H groups in total. The number of nitro benzene ring substituents is 1. The molecule has 0 atom stereocenters. The Morgan fingerprint density at radius 1 is 1.05 bits per heavy atom. The molecule has 3 heterocycles. The van der Waals surface area contributed by atoms with Crippen molar-refractivity contribution in [2.45, 2.75) is 38.6 Å². The van der Waals surface area contributed by atoms with Crippen molar-refractivity contribution in [3.63, 3.8) is 0 Å². The van der Waals surface area contributed by atoms with Crippen LogP contribution < -0.4 is 10.6 Å². The Morgan fingerprint density at radius 2 is 1.88 bits per heavy atom. The number of nitrogens with zero attached hydrogens (tertiary/aromatic N) is 3. The SMILES string of the molecule is O=C(NCCC1CCN(Cc2cccc([N+](=O)[O-])c2)CC1)c1ccc2c(c1)[nH]c1c(NC(=O)C3CC3)nccc12. The van der Waals surface area contributed by atoms with Gasteiger partial charge in [0, 0.05) is 59.2 Å². The van der Waals surface area contributed by atoms with Crippen LogP contribution in [0.2, 0.25) is 0 Å². The van der Waals surface area contributed by atoms with Crippen LogP contribution in [0.4, 0.5) is 11.5 Å². The molecule has 1 aliphatic carbocycles. The van der Waals surface area contributed by atoms with E-state index in [0.29, 0.717) is 30.4 Å². The summed E-state index contributed by atoms with van der Waals surface area (Å²) in [5, 5.41) is 19.0. The van der Waals surface area contributed by atoms with Crippen LogP contribution in [-0.4, -0.2) is 51.2 Å². The average Bonchev–Trinajstić information content (AvgIpc) is 3.75. The molecule has 2 aliphatic rings. The Kier molecular flexibility index (Phi) is 7.17. The van der Waals surface area contributed by atoms with Gasteiger partial charge < -0.3 is 15.6 Å². The standard InChI is InChI=1S/C30H32N6O4/c37-29(32-12-8-19-10-14-35(15-11-19)18-20-2-1-3-23(16-20)36(39)40)22-6-7-24-25-9-13-31-28(27(25)33-26(24)17-22)34-30(38)21-4-5-21/h1-3,6-7,9,13,16-17,19,21,33H,4-5,8,10-12,14-15,18H2,(H,32,37)(H,31,34,38). The molecule has 1 saturated heterocycles. The summed E-state index contributed by atoms with van der Waals surface area (Å²) >= 11 is 0. The molecule has 2 aromatic heterocycles. The van der Waals surface area contributed by atoms with E-state index in [1.54, 1.807) is 18.3 Å². The van der Waals surface area contributed by atoms with Crippen molar-refractivity contribution in [1.82, 2.24) is 20.2 Å². The molecule has 0 bridgehead atoms. The second kappa shape index (κ2) is 11.1. The summed E-state index contributed by atoms with van der Waals surface area (Å²) in [6, 6.07) is 14.4. The Bertz CT molecular complexity index is 1590. The lowest BCUT2D eigenvalue weighted by Crippen LogP contribution is -2.34. The number of rotatable bonds is 9. The van der Waals surface area contributed by atoms with Gasteiger partial charge in [0.25, 0.3) is 11.6 Å². The molecule has 206 valence electrons. The average molecular weight is 541 g/mol. The fourth-order valence-electron chi connectivity index (χ4n) is 5.58. The first-order valence-corrected chi connectivity index (χ1v) is 13.9.